The van der Waals surface area contributed by atoms with Gasteiger partial charge in [-0.05, 0) is 38.9 Å². The van der Waals surface area contributed by atoms with E-state index in [-0.39, 0.29) is 41.9 Å². The fourth-order valence-electron chi connectivity index (χ4n) is 3.08. The second-order valence-electron chi connectivity index (χ2n) is 6.15. The molecule has 1 fully saturated rings. The molecule has 0 unspecified atom stereocenters. The number of halogens is 1. The van der Waals surface area contributed by atoms with Crippen LogP contribution in [0.15, 0.2) is 17.0 Å². The Hall–Kier alpha value is -1.71. The molecule has 25 heavy (non-hydrogen) atoms. The van der Waals surface area contributed by atoms with Crippen molar-refractivity contribution in [2.45, 2.75) is 30.7 Å². The van der Waals surface area contributed by atoms with E-state index in [1.165, 1.54) is 30.5 Å². The average Bonchev–Trinajstić information content (AvgIpc) is 2.56. The maximum absolute atomic E-state index is 14.2. The van der Waals surface area contributed by atoms with Gasteiger partial charge in [0.25, 0.3) is 0 Å². The van der Waals surface area contributed by atoms with E-state index in [4.69, 9.17) is 9.84 Å². The normalized spacial score (nSPS) is 17.0. The summed E-state index contributed by atoms with van der Waals surface area (Å²) >= 11 is 0. The lowest BCUT2D eigenvalue weighted by Gasteiger charge is -2.35. The third-order valence-corrected chi connectivity index (χ3v) is 6.61. The van der Waals surface area contributed by atoms with E-state index in [1.54, 1.807) is 11.9 Å². The van der Waals surface area contributed by atoms with Crippen molar-refractivity contribution >= 4 is 16.0 Å². The van der Waals surface area contributed by atoms with Gasteiger partial charge >= 0.3 is 5.97 Å². The first-order valence-electron chi connectivity index (χ1n) is 7.93. The number of aliphatic carboxylic acids is 1. The van der Waals surface area contributed by atoms with Gasteiger partial charge < -0.3 is 9.84 Å². The molecule has 7 nitrogen and oxygen atoms in total. The summed E-state index contributed by atoms with van der Waals surface area (Å²) in [7, 11) is -0.771. The molecule has 0 atom stereocenters. The Morgan fingerprint density at radius 1 is 1.40 bits per heavy atom. The molecule has 1 aromatic carbocycles. The summed E-state index contributed by atoms with van der Waals surface area (Å²) in [5, 5.41) is 8.85. The van der Waals surface area contributed by atoms with E-state index < -0.39 is 21.8 Å². The molecule has 0 aromatic heterocycles. The molecule has 0 amide bonds. The Morgan fingerprint density at radius 3 is 2.52 bits per heavy atom. The minimum atomic E-state index is -3.81. The highest BCUT2D eigenvalue weighted by Gasteiger charge is 2.33. The molecular weight excluding hydrogens is 351 g/mol. The van der Waals surface area contributed by atoms with Crippen LogP contribution in [0.1, 0.15) is 18.4 Å². The number of carbonyl (C=O) groups is 1. The van der Waals surface area contributed by atoms with Gasteiger partial charge in [-0.2, -0.15) is 4.31 Å². The number of rotatable bonds is 6. The van der Waals surface area contributed by atoms with Crippen LogP contribution in [0.25, 0.3) is 0 Å². The van der Waals surface area contributed by atoms with Gasteiger partial charge in [-0.3, -0.25) is 9.69 Å². The molecule has 2 rings (SSSR count). The van der Waals surface area contributed by atoms with E-state index >= 15 is 0 Å². The fraction of sp³-hybridized carbons (Fsp3) is 0.562. The number of piperidine rings is 1. The van der Waals surface area contributed by atoms with Gasteiger partial charge in [-0.25, -0.2) is 12.8 Å². The van der Waals surface area contributed by atoms with Crippen molar-refractivity contribution in [3.63, 3.8) is 0 Å². The van der Waals surface area contributed by atoms with E-state index in [0.717, 1.165) is 0 Å². The van der Waals surface area contributed by atoms with Crippen molar-refractivity contribution in [1.29, 1.82) is 0 Å². The summed E-state index contributed by atoms with van der Waals surface area (Å²) < 4.78 is 46.0. The minimum absolute atomic E-state index is 0.00505. The molecule has 1 saturated heterocycles. The number of hydrogen-bond donors (Lipinski definition) is 1. The smallest absolute Gasteiger partial charge is 0.317 e. The Bertz CT molecular complexity index is 745. The Kier molecular flexibility index (Phi) is 6.02. The Morgan fingerprint density at radius 2 is 2.00 bits per heavy atom. The second kappa shape index (κ2) is 7.67. The quantitative estimate of drug-likeness (QED) is 0.808. The molecule has 0 bridgehead atoms. The van der Waals surface area contributed by atoms with E-state index in [1.807, 2.05) is 0 Å². The number of likely N-dealkylation sites (N-methyl/N-ethyl adjacent to an activating group) is 1. The fourth-order valence-corrected chi connectivity index (χ4v) is 4.77. The third kappa shape index (κ3) is 4.10. The number of sulfonamides is 1. The van der Waals surface area contributed by atoms with Crippen LogP contribution in [0.3, 0.4) is 0 Å². The van der Waals surface area contributed by atoms with Crippen molar-refractivity contribution in [2.24, 2.45) is 0 Å². The van der Waals surface area contributed by atoms with Gasteiger partial charge in [0.05, 0.1) is 18.6 Å². The first-order chi connectivity index (χ1) is 11.7. The molecule has 0 aliphatic carbocycles. The van der Waals surface area contributed by atoms with E-state index in [9.17, 15) is 17.6 Å². The molecule has 1 aliphatic heterocycles. The predicted octanol–water partition coefficient (Wildman–Crippen LogP) is 1.31. The molecule has 0 saturated carbocycles. The highest BCUT2D eigenvalue weighted by molar-refractivity contribution is 7.89. The lowest BCUT2D eigenvalue weighted by Crippen LogP contribution is -2.46. The minimum Gasteiger partial charge on any atom is -0.494 e. The first kappa shape index (κ1) is 19.6. The van der Waals surface area contributed by atoms with Crippen molar-refractivity contribution < 1.29 is 27.4 Å². The van der Waals surface area contributed by atoms with Crippen LogP contribution >= 0.6 is 0 Å². The summed E-state index contributed by atoms with van der Waals surface area (Å²) in [6.45, 7) is 1.87. The summed E-state index contributed by atoms with van der Waals surface area (Å²) in [5.41, 5.74) is 0.0319. The van der Waals surface area contributed by atoms with Crippen LogP contribution in [0.4, 0.5) is 4.39 Å². The zero-order valence-electron chi connectivity index (χ0n) is 14.5. The molecule has 0 radical (unpaired) electrons. The number of benzene rings is 1. The summed E-state index contributed by atoms with van der Waals surface area (Å²) in [6, 6.07) is 2.67. The van der Waals surface area contributed by atoms with Gasteiger partial charge in [-0.15, -0.1) is 0 Å². The molecule has 1 N–H and O–H groups in total. The molecule has 1 aliphatic rings. The van der Waals surface area contributed by atoms with Gasteiger partial charge in [0.15, 0.2) is 11.6 Å². The van der Waals surface area contributed by atoms with Crippen molar-refractivity contribution in [3.8, 4) is 5.75 Å². The van der Waals surface area contributed by atoms with Crippen LogP contribution in [0, 0.1) is 12.7 Å². The van der Waals surface area contributed by atoms with Crippen molar-refractivity contribution in [1.82, 2.24) is 9.21 Å². The van der Waals surface area contributed by atoms with Crippen LogP contribution in [-0.4, -0.2) is 68.5 Å². The zero-order valence-corrected chi connectivity index (χ0v) is 15.3. The predicted molar refractivity (Wildman–Crippen MR) is 89.7 cm³/mol. The van der Waals surface area contributed by atoms with Gasteiger partial charge in [0, 0.05) is 24.7 Å². The average molecular weight is 374 g/mol. The standard InChI is InChI=1S/C16H23FN2O5S/c1-11-14(5-4-13(24-3)16(11)17)25(22,23)19-8-6-12(7-9-19)18(2)10-15(20)21/h4-5,12H,6-10H2,1-3H3,(H,20,21). The largest absolute Gasteiger partial charge is 0.494 e. The number of hydrogen-bond acceptors (Lipinski definition) is 5. The van der Waals surface area contributed by atoms with Gasteiger partial charge in [0.2, 0.25) is 10.0 Å². The number of methoxy groups -OCH3 is 1. The zero-order chi connectivity index (χ0) is 18.8. The van der Waals surface area contributed by atoms with Crippen LogP contribution in [0.2, 0.25) is 0 Å². The van der Waals surface area contributed by atoms with Crippen LogP contribution < -0.4 is 4.74 Å². The first-order valence-corrected chi connectivity index (χ1v) is 9.37. The molecule has 1 aromatic rings. The molecule has 0 spiro atoms. The second-order valence-corrected chi connectivity index (χ2v) is 8.06. The van der Waals surface area contributed by atoms with Crippen LogP contribution in [-0.2, 0) is 14.8 Å². The number of nitrogens with zero attached hydrogens (tertiary/aromatic N) is 2. The number of ether oxygens (including phenoxy) is 1. The lowest BCUT2D eigenvalue weighted by molar-refractivity contribution is -0.138. The van der Waals surface area contributed by atoms with Gasteiger partial charge in [0.1, 0.15) is 0 Å². The summed E-state index contributed by atoms with van der Waals surface area (Å²) in [5.74, 6) is -1.59. The summed E-state index contributed by atoms with van der Waals surface area (Å²) in [6.07, 6.45) is 1.06. The molecule has 1 heterocycles. The SMILES string of the molecule is COc1ccc(S(=O)(=O)N2CCC(N(C)CC(=O)O)CC2)c(C)c1F. The summed E-state index contributed by atoms with van der Waals surface area (Å²) in [4.78, 5) is 12.4. The third-order valence-electron chi connectivity index (χ3n) is 4.57. The highest BCUT2D eigenvalue weighted by Crippen LogP contribution is 2.29. The number of carboxylic acid groups (broad SMARTS) is 1. The van der Waals surface area contributed by atoms with E-state index in [0.29, 0.717) is 12.8 Å². The van der Waals surface area contributed by atoms with Crippen molar-refractivity contribution in [2.75, 3.05) is 33.8 Å². The molecular formula is C16H23FN2O5S. The maximum atomic E-state index is 14.2. The van der Waals surface area contributed by atoms with Crippen molar-refractivity contribution in [3.05, 3.63) is 23.5 Å². The van der Waals surface area contributed by atoms with Crippen LogP contribution in [0.5, 0.6) is 5.75 Å². The highest BCUT2D eigenvalue weighted by atomic mass is 32.2. The maximum Gasteiger partial charge on any atom is 0.317 e. The lowest BCUT2D eigenvalue weighted by atomic mass is 10.1. The monoisotopic (exact) mass is 374 g/mol. The molecule has 140 valence electrons. The van der Waals surface area contributed by atoms with E-state index in [2.05, 4.69) is 0 Å². The Labute approximate surface area is 147 Å². The topological polar surface area (TPSA) is 87.2 Å². The number of carboxylic acids is 1. The Balaban J connectivity index is 2.15. The van der Waals surface area contributed by atoms with Gasteiger partial charge in [-0.1, -0.05) is 0 Å². The molecule has 9 heteroatoms.